The molecule has 4 heteroatoms. The highest BCUT2D eigenvalue weighted by Crippen LogP contribution is 2.72. The average molecular weight is 434 g/mol. The summed E-state index contributed by atoms with van der Waals surface area (Å²) in [6.07, 6.45) is 7.42. The number of thiophene rings is 1. The van der Waals surface area contributed by atoms with Gasteiger partial charge in [-0.3, -0.25) is 0 Å². The second-order valence-electron chi connectivity index (χ2n) is 8.67. The number of hydrogen-bond donors (Lipinski definition) is 1. The van der Waals surface area contributed by atoms with Crippen LogP contribution in [0.2, 0.25) is 0 Å². The molecule has 1 heterocycles. The van der Waals surface area contributed by atoms with Crippen LogP contribution in [0.25, 0.3) is 0 Å². The van der Waals surface area contributed by atoms with E-state index in [0.29, 0.717) is 10.8 Å². The number of rotatable bonds is 2. The van der Waals surface area contributed by atoms with Crippen molar-refractivity contribution in [3.05, 3.63) is 19.2 Å². The van der Waals surface area contributed by atoms with Crippen molar-refractivity contribution in [3.8, 4) is 0 Å². The zero-order chi connectivity index (χ0) is 15.0. The largest absolute Gasteiger partial charge is 0.388 e. The fourth-order valence-electron chi connectivity index (χ4n) is 6.71. The Morgan fingerprint density at radius 1 is 1.14 bits per heavy atom. The summed E-state index contributed by atoms with van der Waals surface area (Å²) in [6, 6.07) is 2.11. The zero-order valence-corrected chi connectivity index (χ0v) is 16.6. The first-order valence-corrected chi connectivity index (χ1v) is 10.3. The minimum atomic E-state index is -0.323. The molecule has 4 fully saturated rings. The summed E-state index contributed by atoms with van der Waals surface area (Å²) in [5, 5.41) is 11.3. The standard InChI is InChI=1S/C17H22Br2OS/c1-15-4-10-5-16(2,7-15)9-17(6-10,8-15)13(20)11-3-12(18)21-14(11)19/h3,10,13,20H,4-9H2,1-2H3. The molecule has 1 N–H and O–H groups in total. The van der Waals surface area contributed by atoms with Crippen molar-refractivity contribution in [1.29, 1.82) is 0 Å². The molecule has 4 saturated carbocycles. The molecule has 0 spiro atoms. The van der Waals surface area contributed by atoms with Crippen LogP contribution >= 0.6 is 43.2 Å². The summed E-state index contributed by atoms with van der Waals surface area (Å²) in [7, 11) is 0. The monoisotopic (exact) mass is 432 g/mol. The Balaban J connectivity index is 1.75. The molecule has 0 radical (unpaired) electrons. The van der Waals surface area contributed by atoms with Crippen molar-refractivity contribution in [2.45, 2.75) is 58.5 Å². The first-order valence-electron chi connectivity index (χ1n) is 7.86. The van der Waals surface area contributed by atoms with Gasteiger partial charge in [0.05, 0.1) is 13.7 Å². The van der Waals surface area contributed by atoms with Gasteiger partial charge in [-0.05, 0) is 93.2 Å². The Kier molecular flexibility index (Phi) is 3.31. The third kappa shape index (κ3) is 2.31. The highest BCUT2D eigenvalue weighted by atomic mass is 79.9. The molecule has 1 aromatic heterocycles. The Hall–Kier alpha value is 0.620. The minimum absolute atomic E-state index is 0.103. The number of aliphatic hydroxyl groups excluding tert-OH is 1. The van der Waals surface area contributed by atoms with E-state index in [9.17, 15) is 5.11 Å². The summed E-state index contributed by atoms with van der Waals surface area (Å²) < 4.78 is 2.19. The molecule has 3 unspecified atom stereocenters. The first kappa shape index (κ1) is 15.2. The van der Waals surface area contributed by atoms with Crippen LogP contribution in [0, 0.1) is 22.2 Å². The van der Waals surface area contributed by atoms with E-state index in [-0.39, 0.29) is 11.5 Å². The van der Waals surface area contributed by atoms with Gasteiger partial charge in [-0.1, -0.05) is 13.8 Å². The van der Waals surface area contributed by atoms with Crippen molar-refractivity contribution >= 4 is 43.2 Å². The topological polar surface area (TPSA) is 20.2 Å². The molecule has 5 rings (SSSR count). The second kappa shape index (κ2) is 4.58. The van der Waals surface area contributed by atoms with Gasteiger partial charge in [-0.2, -0.15) is 0 Å². The van der Waals surface area contributed by atoms with E-state index >= 15 is 0 Å². The lowest BCUT2D eigenvalue weighted by Gasteiger charge is -2.66. The molecule has 0 amide bonds. The van der Waals surface area contributed by atoms with Crippen molar-refractivity contribution in [2.75, 3.05) is 0 Å². The van der Waals surface area contributed by atoms with Crippen LogP contribution in [0.3, 0.4) is 0 Å². The summed E-state index contributed by atoms with van der Waals surface area (Å²) in [5.41, 5.74) is 2.11. The summed E-state index contributed by atoms with van der Waals surface area (Å²) in [5.74, 6) is 0.826. The lowest BCUT2D eigenvalue weighted by atomic mass is 9.39. The van der Waals surface area contributed by atoms with E-state index in [1.807, 2.05) is 0 Å². The average Bonchev–Trinajstić information content (AvgIpc) is 2.62. The van der Waals surface area contributed by atoms with Crippen LogP contribution in [0.5, 0.6) is 0 Å². The second-order valence-corrected chi connectivity index (χ2v) is 12.4. The first-order chi connectivity index (χ1) is 9.73. The number of aliphatic hydroxyl groups is 1. The molecule has 1 aromatic rings. The summed E-state index contributed by atoms with van der Waals surface area (Å²) >= 11 is 8.89. The Morgan fingerprint density at radius 3 is 2.24 bits per heavy atom. The van der Waals surface area contributed by atoms with Gasteiger partial charge in [-0.15, -0.1) is 11.3 Å². The molecule has 4 aliphatic carbocycles. The van der Waals surface area contributed by atoms with Crippen LogP contribution in [0.15, 0.2) is 13.6 Å². The van der Waals surface area contributed by atoms with Gasteiger partial charge in [0.15, 0.2) is 0 Å². The molecule has 21 heavy (non-hydrogen) atoms. The molecule has 0 saturated heterocycles. The number of halogens is 2. The van der Waals surface area contributed by atoms with Crippen LogP contribution in [-0.2, 0) is 0 Å². The quantitative estimate of drug-likeness (QED) is 0.579. The van der Waals surface area contributed by atoms with Crippen molar-refractivity contribution in [3.63, 3.8) is 0 Å². The smallest absolute Gasteiger partial charge is 0.0866 e. The molecule has 0 aliphatic heterocycles. The lowest BCUT2D eigenvalue weighted by molar-refractivity contribution is -0.187. The molecule has 116 valence electrons. The summed E-state index contributed by atoms with van der Waals surface area (Å²) in [6.45, 7) is 4.94. The van der Waals surface area contributed by atoms with Crippen LogP contribution in [0.1, 0.15) is 64.0 Å². The lowest BCUT2D eigenvalue weighted by Crippen LogP contribution is -2.56. The van der Waals surface area contributed by atoms with E-state index in [1.165, 1.54) is 38.5 Å². The maximum absolute atomic E-state index is 11.3. The molecule has 4 bridgehead atoms. The van der Waals surface area contributed by atoms with Crippen LogP contribution in [-0.4, -0.2) is 5.11 Å². The summed E-state index contributed by atoms with van der Waals surface area (Å²) in [4.78, 5) is 0. The van der Waals surface area contributed by atoms with Gasteiger partial charge >= 0.3 is 0 Å². The van der Waals surface area contributed by atoms with Crippen molar-refractivity contribution < 1.29 is 5.11 Å². The molecule has 4 aliphatic rings. The predicted octanol–water partition coefficient (Wildman–Crippen LogP) is 6.30. The fourth-order valence-corrected chi connectivity index (χ4v) is 9.59. The van der Waals surface area contributed by atoms with E-state index in [4.69, 9.17) is 0 Å². The molecule has 0 aromatic carbocycles. The van der Waals surface area contributed by atoms with Crippen LogP contribution < -0.4 is 0 Å². The third-order valence-electron chi connectivity index (χ3n) is 6.23. The number of hydrogen-bond acceptors (Lipinski definition) is 2. The minimum Gasteiger partial charge on any atom is -0.388 e. The van der Waals surface area contributed by atoms with Gasteiger partial charge in [-0.25, -0.2) is 0 Å². The van der Waals surface area contributed by atoms with Crippen LogP contribution in [0.4, 0.5) is 0 Å². The van der Waals surface area contributed by atoms with Gasteiger partial charge in [0.25, 0.3) is 0 Å². The Morgan fingerprint density at radius 2 is 1.76 bits per heavy atom. The molecule has 3 atom stereocenters. The van der Waals surface area contributed by atoms with Crippen molar-refractivity contribution in [2.24, 2.45) is 22.2 Å². The Bertz CT molecular complexity index is 578. The zero-order valence-electron chi connectivity index (χ0n) is 12.6. The van der Waals surface area contributed by atoms with Gasteiger partial charge in [0.2, 0.25) is 0 Å². The van der Waals surface area contributed by atoms with E-state index in [1.54, 1.807) is 11.3 Å². The maximum Gasteiger partial charge on any atom is 0.0866 e. The third-order valence-corrected chi connectivity index (χ3v) is 8.61. The Labute approximate surface area is 147 Å². The highest BCUT2D eigenvalue weighted by Gasteiger charge is 2.62. The molecular weight excluding hydrogens is 412 g/mol. The maximum atomic E-state index is 11.3. The van der Waals surface area contributed by atoms with Gasteiger partial charge in [0, 0.05) is 11.0 Å². The SMILES string of the molecule is CC12CC3CC(C)(C1)CC(C(O)c1cc(Br)sc1Br)(C3)C2. The van der Waals surface area contributed by atoms with E-state index in [2.05, 4.69) is 51.8 Å². The predicted molar refractivity (Wildman–Crippen MR) is 94.5 cm³/mol. The normalized spacial score (nSPS) is 46.0. The van der Waals surface area contributed by atoms with E-state index in [0.717, 1.165) is 19.1 Å². The highest BCUT2D eigenvalue weighted by molar-refractivity contribution is 9.12. The van der Waals surface area contributed by atoms with Gasteiger partial charge in [0.1, 0.15) is 0 Å². The van der Waals surface area contributed by atoms with Crippen molar-refractivity contribution in [1.82, 2.24) is 0 Å². The molecular formula is C17H22Br2OS. The molecule has 1 nitrogen and oxygen atoms in total. The van der Waals surface area contributed by atoms with Gasteiger partial charge < -0.3 is 5.11 Å². The fraction of sp³-hybridized carbons (Fsp3) is 0.765. The van der Waals surface area contributed by atoms with E-state index < -0.39 is 0 Å².